The van der Waals surface area contributed by atoms with Crippen molar-refractivity contribution in [3.63, 3.8) is 0 Å². The number of carboxylic acids is 1. The maximum atomic E-state index is 12.9. The molecule has 2 aliphatic rings. The van der Waals surface area contributed by atoms with Gasteiger partial charge in [0.15, 0.2) is 0 Å². The van der Waals surface area contributed by atoms with Gasteiger partial charge in [-0.25, -0.2) is 0 Å². The molecule has 4 nitrogen and oxygen atoms in total. The molecule has 1 saturated carbocycles. The number of likely N-dealkylation sites (tertiary alicyclic amines) is 1. The Balaban J connectivity index is 2.09. The zero-order valence-corrected chi connectivity index (χ0v) is 13.7. The van der Waals surface area contributed by atoms with Crippen molar-refractivity contribution >= 4 is 11.9 Å². The van der Waals surface area contributed by atoms with Crippen molar-refractivity contribution in [3.8, 4) is 0 Å². The molecule has 1 amide bonds. The van der Waals surface area contributed by atoms with Crippen molar-refractivity contribution in [1.82, 2.24) is 4.90 Å². The molecule has 1 aliphatic carbocycles. The van der Waals surface area contributed by atoms with E-state index < -0.39 is 11.4 Å². The second-order valence-electron chi connectivity index (χ2n) is 7.63. The Morgan fingerprint density at radius 1 is 1.24 bits per heavy atom. The van der Waals surface area contributed by atoms with E-state index in [1.165, 1.54) is 6.42 Å². The van der Waals surface area contributed by atoms with Crippen LogP contribution in [-0.4, -0.2) is 35.0 Å². The van der Waals surface area contributed by atoms with Gasteiger partial charge < -0.3 is 10.0 Å². The van der Waals surface area contributed by atoms with E-state index in [4.69, 9.17) is 0 Å². The van der Waals surface area contributed by atoms with E-state index in [0.29, 0.717) is 25.9 Å². The van der Waals surface area contributed by atoms with Crippen molar-refractivity contribution in [2.24, 2.45) is 16.7 Å². The molecule has 1 heterocycles. The molecule has 4 heteroatoms. The van der Waals surface area contributed by atoms with Crippen LogP contribution < -0.4 is 0 Å². The van der Waals surface area contributed by atoms with Gasteiger partial charge in [-0.1, -0.05) is 40.0 Å². The van der Waals surface area contributed by atoms with Gasteiger partial charge in [0.2, 0.25) is 5.91 Å². The number of hydrogen-bond donors (Lipinski definition) is 1. The minimum absolute atomic E-state index is 0.0502. The molecule has 0 bridgehead atoms. The Labute approximate surface area is 127 Å². The Hall–Kier alpha value is -1.06. The average Bonchev–Trinajstić information content (AvgIpc) is 2.84. The molecule has 21 heavy (non-hydrogen) atoms. The molecular weight excluding hydrogens is 266 g/mol. The van der Waals surface area contributed by atoms with Gasteiger partial charge >= 0.3 is 5.97 Å². The first-order valence-electron chi connectivity index (χ1n) is 8.34. The lowest BCUT2D eigenvalue weighted by atomic mass is 9.68. The lowest BCUT2D eigenvalue weighted by Gasteiger charge is -2.39. The molecule has 2 rings (SSSR count). The molecule has 0 radical (unpaired) electrons. The number of rotatable bonds is 4. The van der Waals surface area contributed by atoms with Crippen molar-refractivity contribution in [1.29, 1.82) is 0 Å². The lowest BCUT2D eigenvalue weighted by molar-refractivity contribution is -0.149. The van der Waals surface area contributed by atoms with Crippen molar-refractivity contribution in [2.75, 3.05) is 13.1 Å². The second-order valence-corrected chi connectivity index (χ2v) is 7.63. The monoisotopic (exact) mass is 295 g/mol. The highest BCUT2D eigenvalue weighted by Gasteiger charge is 2.48. The van der Waals surface area contributed by atoms with Gasteiger partial charge in [0.05, 0.1) is 5.41 Å². The molecule has 120 valence electrons. The summed E-state index contributed by atoms with van der Waals surface area (Å²) in [5, 5.41) is 9.57. The van der Waals surface area contributed by atoms with Crippen LogP contribution in [0, 0.1) is 16.7 Å². The largest absolute Gasteiger partial charge is 0.481 e. The van der Waals surface area contributed by atoms with E-state index in [0.717, 1.165) is 25.7 Å². The maximum absolute atomic E-state index is 12.9. The van der Waals surface area contributed by atoms with Gasteiger partial charge in [0.1, 0.15) is 0 Å². The quantitative estimate of drug-likeness (QED) is 0.865. The zero-order chi connectivity index (χ0) is 15.7. The Bertz CT molecular complexity index is 418. The van der Waals surface area contributed by atoms with E-state index in [1.54, 1.807) is 0 Å². The fourth-order valence-corrected chi connectivity index (χ4v) is 4.20. The van der Waals surface area contributed by atoms with Gasteiger partial charge in [-0.3, -0.25) is 9.59 Å². The lowest BCUT2D eigenvalue weighted by Crippen LogP contribution is -2.44. The van der Waals surface area contributed by atoms with Gasteiger partial charge in [-0.2, -0.15) is 0 Å². The van der Waals surface area contributed by atoms with Crippen LogP contribution in [0.5, 0.6) is 0 Å². The maximum Gasteiger partial charge on any atom is 0.311 e. The van der Waals surface area contributed by atoms with Gasteiger partial charge in [-0.05, 0) is 31.1 Å². The molecule has 0 aromatic heterocycles. The summed E-state index contributed by atoms with van der Waals surface area (Å²) in [6.45, 7) is 7.39. The van der Waals surface area contributed by atoms with Crippen LogP contribution in [0.1, 0.15) is 65.7 Å². The van der Waals surface area contributed by atoms with Crippen molar-refractivity contribution in [3.05, 3.63) is 0 Å². The molecule has 1 aliphatic heterocycles. The number of aliphatic carboxylic acids is 1. The predicted molar refractivity (Wildman–Crippen MR) is 81.9 cm³/mol. The highest BCUT2D eigenvalue weighted by molar-refractivity contribution is 5.82. The van der Waals surface area contributed by atoms with E-state index in [1.807, 2.05) is 11.8 Å². The van der Waals surface area contributed by atoms with Crippen LogP contribution in [0.4, 0.5) is 0 Å². The Morgan fingerprint density at radius 3 is 2.52 bits per heavy atom. The number of carbonyl (C=O) groups excluding carboxylic acids is 1. The van der Waals surface area contributed by atoms with Crippen molar-refractivity contribution in [2.45, 2.75) is 65.7 Å². The molecule has 0 spiro atoms. The highest BCUT2D eigenvalue weighted by Crippen LogP contribution is 2.43. The molecule has 1 N–H and O–H groups in total. The first-order chi connectivity index (χ1) is 9.82. The number of carboxylic acid groups (broad SMARTS) is 1. The first kappa shape index (κ1) is 16.3. The van der Waals surface area contributed by atoms with Crippen LogP contribution >= 0.6 is 0 Å². The standard InChI is InChI=1S/C17H29NO3/c1-4-8-17(15(20)21)10-11-18(12-17)14(19)13-7-5-6-9-16(13,2)3/h13H,4-12H2,1-3H3,(H,20,21). The predicted octanol–water partition coefficient (Wildman–Crippen LogP) is 3.31. The molecule has 0 aromatic carbocycles. The topological polar surface area (TPSA) is 57.6 Å². The van der Waals surface area contributed by atoms with Crippen LogP contribution in [0.3, 0.4) is 0 Å². The first-order valence-corrected chi connectivity index (χ1v) is 8.34. The van der Waals surface area contributed by atoms with Crippen LogP contribution in [-0.2, 0) is 9.59 Å². The summed E-state index contributed by atoms with van der Waals surface area (Å²) in [6, 6.07) is 0. The third-order valence-electron chi connectivity index (χ3n) is 5.65. The van der Waals surface area contributed by atoms with Gasteiger partial charge in [-0.15, -0.1) is 0 Å². The number of nitrogens with zero attached hydrogens (tertiary/aromatic N) is 1. The smallest absolute Gasteiger partial charge is 0.311 e. The summed E-state index contributed by atoms with van der Waals surface area (Å²) in [7, 11) is 0. The molecule has 0 aromatic rings. The number of carbonyl (C=O) groups is 2. The molecular formula is C17H29NO3. The van der Waals surface area contributed by atoms with Gasteiger partial charge in [0, 0.05) is 19.0 Å². The van der Waals surface area contributed by atoms with Crippen LogP contribution in [0.2, 0.25) is 0 Å². The molecule has 2 unspecified atom stereocenters. The molecule has 1 saturated heterocycles. The SMILES string of the molecule is CCCC1(C(=O)O)CCN(C(=O)C2CCCCC2(C)C)C1. The summed E-state index contributed by atoms with van der Waals surface area (Å²) >= 11 is 0. The molecule has 2 fully saturated rings. The Kier molecular flexibility index (Phi) is 4.64. The van der Waals surface area contributed by atoms with E-state index in [-0.39, 0.29) is 17.2 Å². The minimum Gasteiger partial charge on any atom is -0.481 e. The summed E-state index contributed by atoms with van der Waals surface area (Å²) in [5.74, 6) is -0.473. The fourth-order valence-electron chi connectivity index (χ4n) is 4.20. The van der Waals surface area contributed by atoms with E-state index in [2.05, 4.69) is 13.8 Å². The average molecular weight is 295 g/mol. The van der Waals surface area contributed by atoms with Crippen LogP contribution in [0.25, 0.3) is 0 Å². The normalized spacial score (nSPS) is 32.1. The van der Waals surface area contributed by atoms with E-state index in [9.17, 15) is 14.7 Å². The zero-order valence-electron chi connectivity index (χ0n) is 13.7. The minimum atomic E-state index is -0.734. The fraction of sp³-hybridized carbons (Fsp3) is 0.882. The highest BCUT2D eigenvalue weighted by atomic mass is 16.4. The van der Waals surface area contributed by atoms with Crippen molar-refractivity contribution < 1.29 is 14.7 Å². The summed E-state index contributed by atoms with van der Waals surface area (Å²) < 4.78 is 0. The van der Waals surface area contributed by atoms with E-state index >= 15 is 0 Å². The number of amides is 1. The third kappa shape index (κ3) is 3.09. The van der Waals surface area contributed by atoms with Crippen LogP contribution in [0.15, 0.2) is 0 Å². The third-order valence-corrected chi connectivity index (χ3v) is 5.65. The van der Waals surface area contributed by atoms with Gasteiger partial charge in [0.25, 0.3) is 0 Å². The summed E-state index contributed by atoms with van der Waals surface area (Å²) in [4.78, 5) is 26.3. The summed E-state index contributed by atoms with van der Waals surface area (Å²) in [6.07, 6.45) is 6.49. The summed E-state index contributed by atoms with van der Waals surface area (Å²) in [5.41, 5.74) is -0.655. The molecule has 2 atom stereocenters. The second kappa shape index (κ2) is 5.98. The number of hydrogen-bond acceptors (Lipinski definition) is 2. The Morgan fingerprint density at radius 2 is 1.95 bits per heavy atom.